The lowest BCUT2D eigenvalue weighted by Gasteiger charge is -2.27. The monoisotopic (exact) mass is 1120 g/mol. The van der Waals surface area contributed by atoms with Gasteiger partial charge in [0.05, 0.1) is 71.6 Å². The second kappa shape index (κ2) is 17.6. The lowest BCUT2D eigenvalue weighted by Crippen LogP contribution is -2.17. The van der Waals surface area contributed by atoms with E-state index in [1.54, 1.807) is 11.3 Å². The van der Waals surface area contributed by atoms with E-state index in [0.717, 1.165) is 125 Å². The van der Waals surface area contributed by atoms with E-state index < -0.39 is 0 Å². The molecule has 17 rings (SSSR count). The molecule has 7 nitrogen and oxygen atoms in total. The highest BCUT2D eigenvalue weighted by atomic mass is 32.1. The summed E-state index contributed by atoms with van der Waals surface area (Å²) in [7, 11) is 0. The molecule has 11 aromatic carbocycles. The average Bonchev–Trinajstić information content (AvgIpc) is 1.55. The smallest absolute Gasteiger partial charge is 0.160 e. The number of nitrogens with zero attached hydrogens (tertiary/aromatic N) is 6. The van der Waals surface area contributed by atoms with Crippen molar-refractivity contribution in [1.82, 2.24) is 18.3 Å². The molecular formula is C78H56N6OS. The number of nitriles is 2. The van der Waals surface area contributed by atoms with E-state index in [2.05, 4.69) is 274 Å². The van der Waals surface area contributed by atoms with Crippen molar-refractivity contribution in [2.24, 2.45) is 0 Å². The van der Waals surface area contributed by atoms with Crippen LogP contribution in [0, 0.1) is 36.5 Å². The predicted octanol–water partition coefficient (Wildman–Crippen LogP) is 21.3. The Labute approximate surface area is 499 Å². The third-order valence-electron chi connectivity index (χ3n) is 18.6. The molecule has 8 heteroatoms. The van der Waals surface area contributed by atoms with Gasteiger partial charge in [-0.2, -0.15) is 10.5 Å². The summed E-state index contributed by atoms with van der Waals surface area (Å²) in [6.07, 6.45) is 0. The quantitative estimate of drug-likeness (QED) is 0.176. The molecule has 0 fully saturated rings. The molecule has 0 bridgehead atoms. The van der Waals surface area contributed by atoms with Crippen molar-refractivity contribution in [3.05, 3.63) is 228 Å². The highest BCUT2D eigenvalue weighted by Gasteiger charge is 2.37. The number of para-hydroxylation sites is 5. The van der Waals surface area contributed by atoms with Gasteiger partial charge >= 0.3 is 0 Å². The molecule has 0 atom stereocenters. The Kier molecular flexibility index (Phi) is 10.3. The standard InChI is InChI=1S/C78H56N6OS/c1-43-37-54-51-34-35-52-50-25-14-20-32-67(50)86-76(52)73(51)84(65(54)38-44(43)2)74-70(81-60-27-15-9-21-46(60)47-22-10-16-28-61(47)81)57(41-79)69(58(42-80)71(74)82-62-29-17-11-23-48(62)49-24-12-18-30-63(49)82)83-64-36-33-45(77(3,4)5)39-55(64)56-40-59(78(6,7)8)68-53-26-13-19-31-66(53)85-75(68)72(56)83/h9-40H,1-8H3. The molecule has 0 unspecified atom stereocenters. The van der Waals surface area contributed by atoms with Gasteiger partial charge in [-0.15, -0.1) is 11.3 Å². The zero-order valence-electron chi connectivity index (χ0n) is 49.0. The minimum atomic E-state index is -0.307. The van der Waals surface area contributed by atoms with Gasteiger partial charge in [-0.05, 0) is 114 Å². The fraction of sp³-hybridized carbons (Fsp3) is 0.128. The Morgan fingerprint density at radius 2 is 0.872 bits per heavy atom. The molecule has 0 amide bonds. The van der Waals surface area contributed by atoms with Crippen LogP contribution in [0.1, 0.15) is 74.9 Å². The van der Waals surface area contributed by atoms with Crippen LogP contribution < -0.4 is 0 Å². The van der Waals surface area contributed by atoms with E-state index in [-0.39, 0.29) is 10.8 Å². The lowest BCUT2D eigenvalue weighted by atomic mass is 9.82. The first kappa shape index (κ1) is 50.2. The van der Waals surface area contributed by atoms with Crippen molar-refractivity contribution in [2.45, 2.75) is 66.2 Å². The molecule has 17 aromatic rings. The maximum Gasteiger partial charge on any atom is 0.160 e. The maximum atomic E-state index is 13.1. The van der Waals surface area contributed by atoms with E-state index in [0.29, 0.717) is 39.5 Å². The number of aryl methyl sites for hydroxylation is 2. The van der Waals surface area contributed by atoms with Crippen molar-refractivity contribution in [1.29, 1.82) is 10.5 Å². The third-order valence-corrected chi connectivity index (χ3v) is 19.8. The number of hydrogen-bond donors (Lipinski definition) is 0. The first-order chi connectivity index (χ1) is 41.7. The lowest BCUT2D eigenvalue weighted by molar-refractivity contribution is 0.591. The summed E-state index contributed by atoms with van der Waals surface area (Å²) in [5.74, 6) is 0. The summed E-state index contributed by atoms with van der Waals surface area (Å²) in [5, 5.41) is 38.9. The molecule has 0 saturated carbocycles. The summed E-state index contributed by atoms with van der Waals surface area (Å²) < 4.78 is 19.0. The Hall–Kier alpha value is -10.4. The Morgan fingerprint density at radius 3 is 1.44 bits per heavy atom. The van der Waals surface area contributed by atoms with Gasteiger partial charge in [0.1, 0.15) is 28.8 Å². The van der Waals surface area contributed by atoms with Crippen LogP contribution in [0.5, 0.6) is 0 Å². The van der Waals surface area contributed by atoms with Gasteiger partial charge in [-0.1, -0.05) is 169 Å². The average molecular weight is 1130 g/mol. The zero-order chi connectivity index (χ0) is 58.4. The van der Waals surface area contributed by atoms with Crippen molar-refractivity contribution >= 4 is 141 Å². The van der Waals surface area contributed by atoms with Crippen molar-refractivity contribution in [3.63, 3.8) is 0 Å². The molecule has 0 spiro atoms. The number of thiophene rings is 1. The van der Waals surface area contributed by atoms with Gasteiger partial charge in [0.15, 0.2) is 5.58 Å². The molecule has 6 heterocycles. The molecule has 0 radical (unpaired) electrons. The van der Waals surface area contributed by atoms with Gasteiger partial charge in [0, 0.05) is 69.3 Å². The molecular weight excluding hydrogens is 1070 g/mol. The number of rotatable bonds is 4. The summed E-state index contributed by atoms with van der Waals surface area (Å²) >= 11 is 1.79. The highest BCUT2D eigenvalue weighted by Crippen LogP contribution is 2.53. The van der Waals surface area contributed by atoms with E-state index in [9.17, 15) is 10.5 Å². The summed E-state index contributed by atoms with van der Waals surface area (Å²) in [6, 6.07) is 75.7. The zero-order valence-corrected chi connectivity index (χ0v) is 49.8. The van der Waals surface area contributed by atoms with Crippen LogP contribution in [0.2, 0.25) is 0 Å². The fourth-order valence-corrected chi connectivity index (χ4v) is 15.8. The number of aromatic nitrogens is 4. The van der Waals surface area contributed by atoms with Gasteiger partial charge in [-0.25, -0.2) is 0 Å². The van der Waals surface area contributed by atoms with Crippen LogP contribution in [-0.4, -0.2) is 18.3 Å². The van der Waals surface area contributed by atoms with Crippen molar-refractivity contribution in [2.75, 3.05) is 0 Å². The highest BCUT2D eigenvalue weighted by molar-refractivity contribution is 7.26. The van der Waals surface area contributed by atoms with Gasteiger partial charge in [0.25, 0.3) is 0 Å². The number of hydrogen-bond acceptors (Lipinski definition) is 4. The topological polar surface area (TPSA) is 80.4 Å². The van der Waals surface area contributed by atoms with Crippen LogP contribution in [0.25, 0.3) is 152 Å². The Morgan fingerprint density at radius 1 is 0.384 bits per heavy atom. The first-order valence-corrected chi connectivity index (χ1v) is 30.4. The Balaban J connectivity index is 1.22. The van der Waals surface area contributed by atoms with Crippen LogP contribution >= 0.6 is 11.3 Å². The van der Waals surface area contributed by atoms with Crippen LogP contribution in [0.15, 0.2) is 199 Å². The molecule has 86 heavy (non-hydrogen) atoms. The summed E-state index contributed by atoms with van der Waals surface area (Å²) in [6.45, 7) is 18.0. The van der Waals surface area contributed by atoms with Crippen molar-refractivity contribution in [3.8, 4) is 34.9 Å². The minimum Gasteiger partial charge on any atom is -0.454 e. The normalized spacial score (nSPS) is 12.6. The molecule has 0 N–H and O–H groups in total. The van der Waals surface area contributed by atoms with E-state index in [4.69, 9.17) is 4.42 Å². The van der Waals surface area contributed by atoms with Gasteiger partial charge in [0.2, 0.25) is 0 Å². The summed E-state index contributed by atoms with van der Waals surface area (Å²) in [4.78, 5) is 0. The van der Waals surface area contributed by atoms with E-state index >= 15 is 0 Å². The van der Waals surface area contributed by atoms with Crippen molar-refractivity contribution < 1.29 is 4.42 Å². The maximum absolute atomic E-state index is 13.1. The minimum absolute atomic E-state index is 0.206. The van der Waals surface area contributed by atoms with Gasteiger partial charge in [-0.3, -0.25) is 0 Å². The molecule has 0 aliphatic carbocycles. The number of fused-ring (bicyclic) bond motifs is 20. The number of furan rings is 1. The SMILES string of the molecule is Cc1cc2c3ccc4c5ccccc5sc4c3n(-c3c(-n4c5ccccc5c5ccccc54)c(C#N)c(-n4c5ccc(C(C)(C)C)cc5c5cc(C(C)(C)C)c6c7ccccc7oc6c54)c(C#N)c3-n3c4ccccc4c4ccccc43)c2cc1C. The molecule has 410 valence electrons. The Bertz CT molecular complexity index is 5720. The molecule has 6 aromatic heterocycles. The van der Waals surface area contributed by atoms with E-state index in [1.165, 1.54) is 21.2 Å². The molecule has 0 aliphatic rings. The fourth-order valence-electron chi connectivity index (χ4n) is 14.5. The first-order valence-electron chi connectivity index (χ1n) is 29.5. The molecule has 0 saturated heterocycles. The second-order valence-corrected chi connectivity index (χ2v) is 26.6. The van der Waals surface area contributed by atoms with E-state index in [1.807, 2.05) is 6.07 Å². The largest absolute Gasteiger partial charge is 0.454 e. The summed E-state index contributed by atoms with van der Waals surface area (Å²) in [5.41, 5.74) is 16.1. The number of benzene rings is 11. The predicted molar refractivity (Wildman–Crippen MR) is 360 cm³/mol. The van der Waals surface area contributed by atoms with Gasteiger partial charge < -0.3 is 22.7 Å². The van der Waals surface area contributed by atoms with Crippen LogP contribution in [0.4, 0.5) is 0 Å². The third kappa shape index (κ3) is 6.65. The van der Waals surface area contributed by atoms with Crippen LogP contribution in [0.3, 0.4) is 0 Å². The van der Waals surface area contributed by atoms with Crippen LogP contribution in [-0.2, 0) is 10.8 Å². The molecule has 0 aliphatic heterocycles. The second-order valence-electron chi connectivity index (χ2n) is 25.5.